The Morgan fingerprint density at radius 3 is 2.71 bits per heavy atom. The van der Waals surface area contributed by atoms with Gasteiger partial charge in [-0.1, -0.05) is 13.0 Å². The topological polar surface area (TPSA) is 46.6 Å². The average molecular weight is 237 g/mol. The molecule has 0 saturated heterocycles. The minimum atomic E-state index is -0.744. The monoisotopic (exact) mass is 237 g/mol. The van der Waals surface area contributed by atoms with Crippen LogP contribution in [0, 0.1) is 11.8 Å². The smallest absolute Gasteiger partial charge is 0.311 e. The third-order valence-electron chi connectivity index (χ3n) is 4.17. The van der Waals surface area contributed by atoms with Gasteiger partial charge in [0.25, 0.3) is 0 Å². The van der Waals surface area contributed by atoms with Crippen LogP contribution >= 0.6 is 0 Å². The number of ether oxygens (including phenoxy) is 1. The lowest BCUT2D eigenvalue weighted by Gasteiger charge is -2.39. The van der Waals surface area contributed by atoms with E-state index in [2.05, 4.69) is 0 Å². The molecular formula is C13H19NO3. The maximum absolute atomic E-state index is 12.4. The first-order chi connectivity index (χ1) is 7.99. The molecule has 94 valence electrons. The van der Waals surface area contributed by atoms with Gasteiger partial charge in [0.05, 0.1) is 13.0 Å². The number of fused-ring (bicyclic) bond motifs is 2. The second-order valence-corrected chi connectivity index (χ2v) is 4.99. The third-order valence-corrected chi connectivity index (χ3v) is 4.17. The number of carbonyl (C=O) groups is 2. The van der Waals surface area contributed by atoms with Crippen LogP contribution in [0.4, 0.5) is 0 Å². The van der Waals surface area contributed by atoms with Crippen molar-refractivity contribution in [2.75, 3.05) is 21.2 Å². The molecule has 4 heteroatoms. The van der Waals surface area contributed by atoms with Crippen LogP contribution < -0.4 is 0 Å². The summed E-state index contributed by atoms with van der Waals surface area (Å²) in [4.78, 5) is 26.2. The van der Waals surface area contributed by atoms with Gasteiger partial charge in [0.1, 0.15) is 5.54 Å². The van der Waals surface area contributed by atoms with Gasteiger partial charge < -0.3 is 4.74 Å². The van der Waals surface area contributed by atoms with Gasteiger partial charge in [-0.3, -0.25) is 14.5 Å². The summed E-state index contributed by atoms with van der Waals surface area (Å²) >= 11 is 0. The first-order valence-electron chi connectivity index (χ1n) is 6.00. The molecule has 2 rings (SSSR count). The number of esters is 1. The van der Waals surface area contributed by atoms with Gasteiger partial charge in [-0.25, -0.2) is 0 Å². The third kappa shape index (κ3) is 1.33. The Balaban J connectivity index is 2.51. The summed E-state index contributed by atoms with van der Waals surface area (Å²) in [6, 6.07) is 0. The number of hydrogen-bond acceptors (Lipinski definition) is 4. The Hall–Kier alpha value is -1.16. The Kier molecular flexibility index (Phi) is 2.86. The van der Waals surface area contributed by atoms with Crippen LogP contribution in [0.25, 0.3) is 0 Å². The molecular weight excluding hydrogens is 218 g/mol. The van der Waals surface area contributed by atoms with Gasteiger partial charge in [-0.15, -0.1) is 0 Å². The molecule has 17 heavy (non-hydrogen) atoms. The number of ketones is 1. The van der Waals surface area contributed by atoms with Crippen molar-refractivity contribution < 1.29 is 14.3 Å². The highest BCUT2D eigenvalue weighted by Gasteiger charge is 2.64. The molecule has 4 nitrogen and oxygen atoms in total. The van der Waals surface area contributed by atoms with Crippen LogP contribution in [0.2, 0.25) is 0 Å². The number of carbonyl (C=O) groups excluding carboxylic acids is 2. The highest BCUT2D eigenvalue weighted by atomic mass is 16.5. The van der Waals surface area contributed by atoms with Crippen LogP contribution in [-0.4, -0.2) is 43.4 Å². The Bertz CT molecular complexity index is 399. The summed E-state index contributed by atoms with van der Waals surface area (Å²) in [5.74, 6) is -0.556. The number of Topliss-reactive ketones (excluding diaryl/α,β-unsaturated/α-hetero) is 1. The van der Waals surface area contributed by atoms with Crippen LogP contribution in [0.15, 0.2) is 11.6 Å². The van der Waals surface area contributed by atoms with Gasteiger partial charge in [0.15, 0.2) is 5.78 Å². The van der Waals surface area contributed by atoms with E-state index in [0.717, 1.165) is 12.0 Å². The largest absolute Gasteiger partial charge is 0.469 e. The minimum absolute atomic E-state index is 0.101. The van der Waals surface area contributed by atoms with Crippen molar-refractivity contribution in [1.82, 2.24) is 4.90 Å². The maximum atomic E-state index is 12.4. The molecule has 0 aromatic rings. The van der Waals surface area contributed by atoms with E-state index in [-0.39, 0.29) is 23.6 Å². The first kappa shape index (κ1) is 12.3. The van der Waals surface area contributed by atoms with E-state index in [1.165, 1.54) is 7.11 Å². The minimum Gasteiger partial charge on any atom is -0.469 e. The second-order valence-electron chi connectivity index (χ2n) is 4.99. The highest BCUT2D eigenvalue weighted by Crippen LogP contribution is 2.52. The van der Waals surface area contributed by atoms with Crippen molar-refractivity contribution in [3.05, 3.63) is 11.6 Å². The van der Waals surface area contributed by atoms with E-state index < -0.39 is 5.54 Å². The van der Waals surface area contributed by atoms with E-state index in [9.17, 15) is 9.59 Å². The van der Waals surface area contributed by atoms with Crippen LogP contribution in [0.3, 0.4) is 0 Å². The van der Waals surface area contributed by atoms with Crippen molar-refractivity contribution in [3.8, 4) is 0 Å². The van der Waals surface area contributed by atoms with Crippen molar-refractivity contribution in [3.63, 3.8) is 0 Å². The molecule has 0 amide bonds. The Morgan fingerprint density at radius 2 is 2.24 bits per heavy atom. The summed E-state index contributed by atoms with van der Waals surface area (Å²) in [6.07, 6.45) is 3.43. The van der Waals surface area contributed by atoms with Gasteiger partial charge in [-0.05, 0) is 32.5 Å². The molecule has 2 aliphatic carbocycles. The van der Waals surface area contributed by atoms with E-state index in [1.54, 1.807) is 0 Å². The number of nitrogens with zero attached hydrogens (tertiary/aromatic N) is 1. The zero-order valence-corrected chi connectivity index (χ0v) is 10.8. The van der Waals surface area contributed by atoms with Gasteiger partial charge >= 0.3 is 5.97 Å². The summed E-state index contributed by atoms with van der Waals surface area (Å²) < 4.78 is 4.86. The highest BCUT2D eigenvalue weighted by molar-refractivity contribution is 6.05. The normalized spacial score (nSPS) is 35.4. The number of hydrogen-bond donors (Lipinski definition) is 0. The molecule has 0 aromatic heterocycles. The quantitative estimate of drug-likeness (QED) is 0.543. The van der Waals surface area contributed by atoms with E-state index >= 15 is 0 Å². The molecule has 0 aromatic carbocycles. The molecule has 1 saturated carbocycles. The van der Waals surface area contributed by atoms with Crippen molar-refractivity contribution in [1.29, 1.82) is 0 Å². The van der Waals surface area contributed by atoms with Crippen LogP contribution in [0.5, 0.6) is 0 Å². The summed E-state index contributed by atoms with van der Waals surface area (Å²) in [6.45, 7) is 2.03. The Morgan fingerprint density at radius 1 is 1.59 bits per heavy atom. The molecule has 0 aliphatic heterocycles. The standard InChI is InChI=1S/C13H19NO3/c1-5-9-6-8-7-10(12(16)17-4)13(9,11(8)15)14(2)3/h6,8,10H,5,7H2,1-4H3/t8-,10+,13-/m0/s1. The predicted octanol–water partition coefficient (Wildman–Crippen LogP) is 1.01. The lowest BCUT2D eigenvalue weighted by Crippen LogP contribution is -2.55. The fourth-order valence-electron chi connectivity index (χ4n) is 3.50. The molecule has 2 bridgehead atoms. The Labute approximate surface area is 102 Å². The van der Waals surface area contributed by atoms with Crippen molar-refractivity contribution in [2.24, 2.45) is 11.8 Å². The fraction of sp³-hybridized carbons (Fsp3) is 0.692. The number of methoxy groups -OCH3 is 1. The van der Waals surface area contributed by atoms with Crippen LogP contribution in [0.1, 0.15) is 19.8 Å². The van der Waals surface area contributed by atoms with E-state index in [4.69, 9.17) is 4.74 Å². The number of rotatable bonds is 3. The molecule has 3 atom stereocenters. The second kappa shape index (κ2) is 3.95. The summed E-state index contributed by atoms with van der Waals surface area (Å²) in [7, 11) is 5.12. The summed E-state index contributed by atoms with van der Waals surface area (Å²) in [5, 5.41) is 0. The van der Waals surface area contributed by atoms with Gasteiger partial charge in [-0.2, -0.15) is 0 Å². The molecule has 0 radical (unpaired) electrons. The lowest BCUT2D eigenvalue weighted by molar-refractivity contribution is -0.150. The molecule has 0 spiro atoms. The maximum Gasteiger partial charge on any atom is 0.311 e. The number of likely N-dealkylation sites (N-methyl/N-ethyl adjacent to an activating group) is 1. The first-order valence-corrected chi connectivity index (χ1v) is 6.00. The van der Waals surface area contributed by atoms with Gasteiger partial charge in [0.2, 0.25) is 0 Å². The molecule has 1 fully saturated rings. The van der Waals surface area contributed by atoms with E-state index in [0.29, 0.717) is 6.42 Å². The van der Waals surface area contributed by atoms with Crippen LogP contribution in [-0.2, 0) is 14.3 Å². The zero-order valence-electron chi connectivity index (χ0n) is 10.8. The summed E-state index contributed by atoms with van der Waals surface area (Å²) in [5.41, 5.74) is 0.325. The lowest BCUT2D eigenvalue weighted by atomic mass is 9.77. The molecule has 0 heterocycles. The SMILES string of the molecule is CCC1=C[C@H]2C[C@H](C(=O)OC)[C@]1(N(C)C)C2=O. The number of allylic oxidation sites excluding steroid dienone is 1. The predicted molar refractivity (Wildman–Crippen MR) is 63.4 cm³/mol. The van der Waals surface area contributed by atoms with Crippen molar-refractivity contribution in [2.45, 2.75) is 25.3 Å². The zero-order chi connectivity index (χ0) is 12.8. The molecule has 0 unspecified atom stereocenters. The fourth-order valence-corrected chi connectivity index (χ4v) is 3.50. The van der Waals surface area contributed by atoms with Crippen molar-refractivity contribution >= 4 is 11.8 Å². The molecule has 0 N–H and O–H groups in total. The van der Waals surface area contributed by atoms with Gasteiger partial charge in [0, 0.05) is 5.92 Å². The molecule has 2 aliphatic rings. The average Bonchev–Trinajstić information content (AvgIpc) is 2.77. The van der Waals surface area contributed by atoms with E-state index in [1.807, 2.05) is 32.0 Å².